The molecule has 0 saturated carbocycles. The number of aliphatic hydroxyl groups is 3. The molecule has 2 aliphatic rings. The minimum atomic E-state index is -1.65. The highest BCUT2D eigenvalue weighted by molar-refractivity contribution is 7.99. The number of thioether (sulfide) groups is 1. The lowest BCUT2D eigenvalue weighted by atomic mass is 9.68. The van der Waals surface area contributed by atoms with Crippen LogP contribution in [0.3, 0.4) is 0 Å². The molecule has 1 aliphatic carbocycles. The first kappa shape index (κ1) is 23.2. The van der Waals surface area contributed by atoms with Crippen molar-refractivity contribution in [2.75, 3.05) is 12.9 Å². The summed E-state index contributed by atoms with van der Waals surface area (Å²) in [6.45, 7) is 3.44. The van der Waals surface area contributed by atoms with Crippen LogP contribution in [0.5, 0.6) is 0 Å². The van der Waals surface area contributed by atoms with Crippen LogP contribution in [0.25, 0.3) is 0 Å². The lowest BCUT2D eigenvalue weighted by Crippen LogP contribution is -2.71. The van der Waals surface area contributed by atoms with E-state index in [1.54, 1.807) is 0 Å². The first-order chi connectivity index (χ1) is 13.2. The van der Waals surface area contributed by atoms with Crippen LogP contribution in [0.2, 0.25) is 0 Å². The second-order valence-corrected chi connectivity index (χ2v) is 9.05. The number of carbonyl (C=O) groups excluding carboxylic acids is 2. The molecule has 0 spiro atoms. The van der Waals surface area contributed by atoms with E-state index in [0.717, 1.165) is 24.6 Å². The monoisotopic (exact) mass is 415 g/mol. The van der Waals surface area contributed by atoms with Crippen molar-refractivity contribution >= 4 is 23.6 Å². The van der Waals surface area contributed by atoms with Crippen molar-refractivity contribution in [2.24, 2.45) is 11.8 Å². The minimum absolute atomic E-state index is 0.0855. The van der Waals surface area contributed by atoms with Gasteiger partial charge in [0.1, 0.15) is 16.6 Å². The molecule has 7 nitrogen and oxygen atoms in total. The standard InChI is InChI=1S/C20H33NO6S/c1-4-8-14-17(24)21-20(19(14,2)26,16(23)13-9-6-5-7-10-13)18(25)28-12-11-15(22)27-3/h6,9,13-14,16,18,23,25-26H,4-5,7-8,10-12H2,1-3H3,(H,21,24)/t13-,14?,16+,18?,19?,20?/m1/s1. The Hall–Kier alpha value is -1.09. The molecule has 0 aromatic heterocycles. The maximum Gasteiger partial charge on any atom is 0.306 e. The van der Waals surface area contributed by atoms with Gasteiger partial charge in [-0.05, 0) is 32.6 Å². The van der Waals surface area contributed by atoms with Gasteiger partial charge in [0.05, 0.1) is 25.6 Å². The first-order valence-electron chi connectivity index (χ1n) is 9.98. The molecular weight excluding hydrogens is 382 g/mol. The Kier molecular flexibility index (Phi) is 7.96. The lowest BCUT2D eigenvalue weighted by molar-refractivity contribution is -0.140. The van der Waals surface area contributed by atoms with Gasteiger partial charge in [-0.2, -0.15) is 0 Å². The molecule has 8 heteroatoms. The summed E-state index contributed by atoms with van der Waals surface area (Å²) >= 11 is 1.03. The van der Waals surface area contributed by atoms with E-state index in [4.69, 9.17) is 0 Å². The van der Waals surface area contributed by atoms with Crippen molar-refractivity contribution < 1.29 is 29.6 Å². The normalized spacial score (nSPS) is 34.7. The topological polar surface area (TPSA) is 116 Å². The highest BCUT2D eigenvalue weighted by Crippen LogP contribution is 2.48. The molecule has 28 heavy (non-hydrogen) atoms. The average molecular weight is 416 g/mol. The van der Waals surface area contributed by atoms with E-state index in [0.29, 0.717) is 19.3 Å². The summed E-state index contributed by atoms with van der Waals surface area (Å²) in [7, 11) is 1.29. The molecule has 6 atom stereocenters. The number of hydrogen-bond donors (Lipinski definition) is 4. The molecule has 1 heterocycles. The molecule has 0 bridgehead atoms. The SMILES string of the molecule is CCCC1C(=O)NC(C(O)SCCC(=O)OC)([C@@H](O)[C@@H]2C=CCCC2)C1(C)O. The Balaban J connectivity index is 2.35. The van der Waals surface area contributed by atoms with Crippen molar-refractivity contribution in [1.29, 1.82) is 0 Å². The largest absolute Gasteiger partial charge is 0.469 e. The summed E-state index contributed by atoms with van der Waals surface area (Å²) < 4.78 is 4.62. The molecule has 4 unspecified atom stereocenters. The fourth-order valence-corrected chi connectivity index (χ4v) is 5.63. The number of amides is 1. The van der Waals surface area contributed by atoms with Gasteiger partial charge < -0.3 is 25.4 Å². The summed E-state index contributed by atoms with van der Waals surface area (Å²) in [5.41, 5.74) is -4.57. The van der Waals surface area contributed by atoms with Crippen LogP contribution in [0.15, 0.2) is 12.2 Å². The molecular formula is C20H33NO6S. The molecule has 1 fully saturated rings. The molecule has 160 valence electrons. The van der Waals surface area contributed by atoms with Crippen molar-refractivity contribution in [1.82, 2.24) is 5.32 Å². The highest BCUT2D eigenvalue weighted by atomic mass is 32.2. The lowest BCUT2D eigenvalue weighted by Gasteiger charge is -2.49. The van der Waals surface area contributed by atoms with E-state index in [1.165, 1.54) is 14.0 Å². The number of esters is 1. The Labute approximate surface area is 170 Å². The second kappa shape index (κ2) is 9.61. The minimum Gasteiger partial charge on any atom is -0.469 e. The molecule has 2 rings (SSSR count). The van der Waals surface area contributed by atoms with Gasteiger partial charge in [0.15, 0.2) is 0 Å². The predicted molar refractivity (Wildman–Crippen MR) is 107 cm³/mol. The summed E-state index contributed by atoms with van der Waals surface area (Å²) in [4.78, 5) is 24.1. The number of ether oxygens (including phenoxy) is 1. The van der Waals surface area contributed by atoms with Gasteiger partial charge in [0.2, 0.25) is 5.91 Å². The van der Waals surface area contributed by atoms with E-state index < -0.39 is 34.6 Å². The van der Waals surface area contributed by atoms with Crippen molar-refractivity contribution in [3.63, 3.8) is 0 Å². The fourth-order valence-electron chi connectivity index (χ4n) is 4.42. The highest BCUT2D eigenvalue weighted by Gasteiger charge is 2.68. The van der Waals surface area contributed by atoms with Crippen molar-refractivity contribution in [3.05, 3.63) is 12.2 Å². The predicted octanol–water partition coefficient (Wildman–Crippen LogP) is 1.35. The van der Waals surface area contributed by atoms with Gasteiger partial charge in [-0.1, -0.05) is 25.5 Å². The number of nitrogens with one attached hydrogen (secondary N) is 1. The van der Waals surface area contributed by atoms with Gasteiger partial charge in [-0.25, -0.2) is 0 Å². The van der Waals surface area contributed by atoms with Crippen LogP contribution in [-0.4, -0.2) is 62.7 Å². The number of methoxy groups -OCH3 is 1. The van der Waals surface area contributed by atoms with Crippen LogP contribution in [0.1, 0.15) is 52.4 Å². The number of allylic oxidation sites excluding steroid dienone is 1. The van der Waals surface area contributed by atoms with E-state index >= 15 is 0 Å². The van der Waals surface area contributed by atoms with Crippen LogP contribution in [0, 0.1) is 11.8 Å². The summed E-state index contributed by atoms with van der Waals surface area (Å²) in [5, 5.41) is 36.6. The summed E-state index contributed by atoms with van der Waals surface area (Å²) in [5.74, 6) is -1.53. The molecule has 4 N–H and O–H groups in total. The zero-order valence-corrected chi connectivity index (χ0v) is 17.7. The van der Waals surface area contributed by atoms with Crippen molar-refractivity contribution in [3.8, 4) is 0 Å². The Morgan fingerprint density at radius 3 is 2.75 bits per heavy atom. The molecule has 1 amide bonds. The smallest absolute Gasteiger partial charge is 0.306 e. The Morgan fingerprint density at radius 1 is 1.46 bits per heavy atom. The van der Waals surface area contributed by atoms with E-state index in [1.807, 2.05) is 19.1 Å². The Morgan fingerprint density at radius 2 is 2.18 bits per heavy atom. The third kappa shape index (κ3) is 4.25. The van der Waals surface area contributed by atoms with Crippen LogP contribution in [0.4, 0.5) is 0 Å². The average Bonchev–Trinajstić information content (AvgIpc) is 2.89. The van der Waals surface area contributed by atoms with Crippen LogP contribution >= 0.6 is 11.8 Å². The van der Waals surface area contributed by atoms with Crippen LogP contribution in [-0.2, 0) is 14.3 Å². The van der Waals surface area contributed by atoms with Gasteiger partial charge in [-0.15, -0.1) is 11.8 Å². The zero-order chi connectivity index (χ0) is 20.9. The number of aliphatic hydroxyl groups excluding tert-OH is 2. The summed E-state index contributed by atoms with van der Waals surface area (Å²) in [6, 6.07) is 0. The van der Waals surface area contributed by atoms with Gasteiger partial charge in [0.25, 0.3) is 0 Å². The third-order valence-electron chi connectivity index (χ3n) is 6.10. The van der Waals surface area contributed by atoms with E-state index in [2.05, 4.69) is 10.1 Å². The second-order valence-electron chi connectivity index (χ2n) is 7.86. The molecule has 0 radical (unpaired) electrons. The zero-order valence-electron chi connectivity index (χ0n) is 16.9. The van der Waals surface area contributed by atoms with Gasteiger partial charge >= 0.3 is 5.97 Å². The third-order valence-corrected chi connectivity index (χ3v) is 7.23. The van der Waals surface area contributed by atoms with Gasteiger partial charge in [0, 0.05) is 11.7 Å². The summed E-state index contributed by atoms with van der Waals surface area (Å²) in [6.07, 6.45) is 6.48. The van der Waals surface area contributed by atoms with E-state index in [9.17, 15) is 24.9 Å². The number of carbonyl (C=O) groups is 2. The van der Waals surface area contributed by atoms with Crippen LogP contribution < -0.4 is 5.32 Å². The van der Waals surface area contributed by atoms with E-state index in [-0.39, 0.29) is 24.0 Å². The fraction of sp³-hybridized carbons (Fsp3) is 0.800. The molecule has 1 aliphatic heterocycles. The van der Waals surface area contributed by atoms with Crippen molar-refractivity contribution in [2.45, 2.75) is 75.1 Å². The molecule has 0 aromatic rings. The first-order valence-corrected chi connectivity index (χ1v) is 11.0. The maximum atomic E-state index is 12.7. The van der Waals surface area contributed by atoms with Gasteiger partial charge in [-0.3, -0.25) is 9.59 Å². The number of hydrogen-bond acceptors (Lipinski definition) is 7. The molecule has 0 aromatic carbocycles. The maximum absolute atomic E-state index is 12.7. The number of rotatable bonds is 9. The Bertz CT molecular complexity index is 595. The quantitative estimate of drug-likeness (QED) is 0.255. The molecule has 1 saturated heterocycles.